The fourth-order valence-corrected chi connectivity index (χ4v) is 2.44. The maximum absolute atomic E-state index is 12.2. The van der Waals surface area contributed by atoms with Crippen LogP contribution in [0.5, 0.6) is 5.75 Å². The molecule has 1 aliphatic rings. The van der Waals surface area contributed by atoms with Crippen molar-refractivity contribution in [1.29, 1.82) is 0 Å². The number of carbonyl (C=O) groups is 2. The van der Waals surface area contributed by atoms with E-state index in [1.807, 2.05) is 18.2 Å². The van der Waals surface area contributed by atoms with Crippen LogP contribution in [0.2, 0.25) is 0 Å². The number of nitrogens with one attached hydrogen (secondary N) is 1. The molecule has 2 aromatic rings. The van der Waals surface area contributed by atoms with Gasteiger partial charge in [-0.15, -0.1) is 0 Å². The number of benzene rings is 2. The summed E-state index contributed by atoms with van der Waals surface area (Å²) in [6, 6.07) is 14.3. The first-order valence-corrected chi connectivity index (χ1v) is 7.76. The van der Waals surface area contributed by atoms with E-state index in [1.54, 1.807) is 37.3 Å². The van der Waals surface area contributed by atoms with Crippen LogP contribution in [0.15, 0.2) is 53.6 Å². The molecule has 0 aliphatic carbocycles. The van der Waals surface area contributed by atoms with Crippen LogP contribution in [0.25, 0.3) is 0 Å². The number of hydrogen-bond acceptors (Lipinski definition) is 5. The van der Waals surface area contributed by atoms with Crippen molar-refractivity contribution in [3.05, 3.63) is 54.1 Å². The van der Waals surface area contributed by atoms with E-state index in [9.17, 15) is 9.59 Å². The number of nitrogen functional groups attached to an aromatic ring is 1. The number of rotatable bonds is 4. The Bertz CT molecular complexity index is 830. The van der Waals surface area contributed by atoms with Gasteiger partial charge in [0.15, 0.2) is 6.61 Å². The van der Waals surface area contributed by atoms with E-state index in [2.05, 4.69) is 10.5 Å². The average Bonchev–Trinajstić information content (AvgIpc) is 2.63. The molecule has 7 nitrogen and oxygen atoms in total. The predicted octanol–water partition coefficient (Wildman–Crippen LogP) is 1.53. The highest BCUT2D eigenvalue weighted by molar-refractivity contribution is 6.03. The lowest BCUT2D eigenvalue weighted by Crippen LogP contribution is -2.44. The summed E-state index contributed by atoms with van der Waals surface area (Å²) in [6.07, 6.45) is 0. The Kier molecular flexibility index (Phi) is 4.65. The number of nitrogens with two attached hydrogens (primary N) is 1. The van der Waals surface area contributed by atoms with E-state index in [0.29, 0.717) is 22.8 Å². The third kappa shape index (κ3) is 3.77. The summed E-state index contributed by atoms with van der Waals surface area (Å²) in [7, 11) is 0. The van der Waals surface area contributed by atoms with Crippen LogP contribution >= 0.6 is 0 Å². The fraction of sp³-hybridized carbons (Fsp3) is 0.167. The molecule has 3 N–H and O–H groups in total. The minimum Gasteiger partial charge on any atom is -0.482 e. The first-order chi connectivity index (χ1) is 12.0. The summed E-state index contributed by atoms with van der Waals surface area (Å²) in [6.45, 7) is 1.57. The molecule has 0 unspecified atom stereocenters. The van der Waals surface area contributed by atoms with Crippen LogP contribution in [-0.4, -0.2) is 30.7 Å². The molecule has 2 amide bonds. The molecular formula is C18H18N4O3. The first kappa shape index (κ1) is 16.5. The third-order valence-electron chi connectivity index (χ3n) is 3.79. The molecule has 0 saturated carbocycles. The predicted molar refractivity (Wildman–Crippen MR) is 95.5 cm³/mol. The molecule has 7 heteroatoms. The Morgan fingerprint density at radius 2 is 1.96 bits per heavy atom. The Hall–Kier alpha value is -3.35. The van der Waals surface area contributed by atoms with Crippen LogP contribution in [0.4, 0.5) is 11.4 Å². The minimum absolute atomic E-state index is 0.0853. The summed E-state index contributed by atoms with van der Waals surface area (Å²) < 4.78 is 5.35. The van der Waals surface area contributed by atoms with Crippen molar-refractivity contribution in [2.45, 2.75) is 6.92 Å². The number of para-hydroxylation sites is 2. The Morgan fingerprint density at radius 3 is 2.72 bits per heavy atom. The smallest absolute Gasteiger partial charge is 0.265 e. The van der Waals surface area contributed by atoms with Crippen molar-refractivity contribution in [3.63, 3.8) is 0 Å². The summed E-state index contributed by atoms with van der Waals surface area (Å²) in [4.78, 5) is 25.6. The number of carbonyl (C=O) groups excluding carboxylic acids is 2. The summed E-state index contributed by atoms with van der Waals surface area (Å²) in [5.41, 5.74) is 10.8. The topological polar surface area (TPSA) is 97.0 Å². The number of hydrogen-bond donors (Lipinski definition) is 2. The second kappa shape index (κ2) is 7.04. The maximum atomic E-state index is 12.2. The molecule has 0 fully saturated rings. The van der Waals surface area contributed by atoms with Crippen molar-refractivity contribution in [2.75, 3.05) is 23.8 Å². The van der Waals surface area contributed by atoms with Crippen molar-refractivity contribution in [1.82, 2.24) is 5.43 Å². The highest BCUT2D eigenvalue weighted by Crippen LogP contribution is 2.31. The summed E-state index contributed by atoms with van der Waals surface area (Å²) in [5, 5.41) is 4.08. The monoisotopic (exact) mass is 338 g/mol. The first-order valence-electron chi connectivity index (χ1n) is 7.76. The molecule has 128 valence electrons. The fourth-order valence-electron chi connectivity index (χ4n) is 2.44. The highest BCUT2D eigenvalue weighted by Gasteiger charge is 2.26. The largest absolute Gasteiger partial charge is 0.482 e. The zero-order chi connectivity index (χ0) is 17.8. The molecule has 0 radical (unpaired) electrons. The highest BCUT2D eigenvalue weighted by atomic mass is 16.5. The number of nitrogens with zero attached hydrogens (tertiary/aromatic N) is 2. The number of anilines is 2. The molecule has 0 atom stereocenters. The molecular weight excluding hydrogens is 320 g/mol. The molecule has 1 aliphatic heterocycles. The average molecular weight is 338 g/mol. The normalized spacial score (nSPS) is 13.9. The summed E-state index contributed by atoms with van der Waals surface area (Å²) >= 11 is 0. The van der Waals surface area contributed by atoms with Crippen molar-refractivity contribution < 1.29 is 14.3 Å². The Labute approximate surface area is 145 Å². The van der Waals surface area contributed by atoms with E-state index >= 15 is 0 Å². The quantitative estimate of drug-likeness (QED) is 0.502. The van der Waals surface area contributed by atoms with E-state index in [0.717, 1.165) is 5.56 Å². The van der Waals surface area contributed by atoms with E-state index in [4.69, 9.17) is 10.5 Å². The third-order valence-corrected chi connectivity index (χ3v) is 3.79. The Balaban J connectivity index is 1.67. The molecule has 3 rings (SSSR count). The standard InChI is InChI=1S/C18H18N4O3/c1-12(13-6-8-14(19)9-7-13)20-21-17(23)10-22-15-4-2-3-5-16(15)25-11-18(22)24/h2-9H,10-11,19H2,1H3,(H,21,23)/b20-12-. The lowest BCUT2D eigenvalue weighted by molar-refractivity contribution is -0.125. The lowest BCUT2D eigenvalue weighted by atomic mass is 10.1. The second-order valence-electron chi connectivity index (χ2n) is 5.59. The van der Waals surface area contributed by atoms with E-state index in [1.165, 1.54) is 4.90 Å². The van der Waals surface area contributed by atoms with Gasteiger partial charge in [0.1, 0.15) is 12.3 Å². The van der Waals surface area contributed by atoms with Gasteiger partial charge in [-0.3, -0.25) is 14.5 Å². The van der Waals surface area contributed by atoms with Gasteiger partial charge in [0.2, 0.25) is 0 Å². The molecule has 0 spiro atoms. The molecule has 25 heavy (non-hydrogen) atoms. The van der Waals surface area contributed by atoms with Crippen molar-refractivity contribution in [3.8, 4) is 5.75 Å². The molecule has 0 saturated heterocycles. The summed E-state index contributed by atoms with van der Waals surface area (Å²) in [5.74, 6) is -0.0793. The van der Waals surface area contributed by atoms with Gasteiger partial charge < -0.3 is 10.5 Å². The number of hydrazone groups is 1. The van der Waals surface area contributed by atoms with Crippen molar-refractivity contribution in [2.24, 2.45) is 5.10 Å². The molecule has 1 heterocycles. The van der Waals surface area contributed by atoms with Gasteiger partial charge in [-0.25, -0.2) is 5.43 Å². The molecule has 0 bridgehead atoms. The van der Waals surface area contributed by atoms with Crippen LogP contribution < -0.4 is 20.8 Å². The zero-order valence-electron chi connectivity index (χ0n) is 13.7. The van der Waals surface area contributed by atoms with Crippen LogP contribution in [0, 0.1) is 0 Å². The molecule has 0 aromatic heterocycles. The van der Waals surface area contributed by atoms with Gasteiger partial charge in [0.05, 0.1) is 11.4 Å². The van der Waals surface area contributed by atoms with Gasteiger partial charge in [-0.05, 0) is 36.8 Å². The van der Waals surface area contributed by atoms with Gasteiger partial charge in [0, 0.05) is 5.69 Å². The lowest BCUT2D eigenvalue weighted by Gasteiger charge is -2.28. The van der Waals surface area contributed by atoms with Gasteiger partial charge in [0.25, 0.3) is 11.8 Å². The minimum atomic E-state index is -0.389. The number of ether oxygens (including phenoxy) is 1. The van der Waals surface area contributed by atoms with Gasteiger partial charge >= 0.3 is 0 Å². The van der Waals surface area contributed by atoms with Crippen LogP contribution in [0.1, 0.15) is 12.5 Å². The second-order valence-corrected chi connectivity index (χ2v) is 5.59. The number of fused-ring (bicyclic) bond motifs is 1. The maximum Gasteiger partial charge on any atom is 0.265 e. The zero-order valence-corrected chi connectivity index (χ0v) is 13.7. The van der Waals surface area contributed by atoms with E-state index in [-0.39, 0.29) is 25.0 Å². The van der Waals surface area contributed by atoms with Gasteiger partial charge in [-0.1, -0.05) is 24.3 Å². The Morgan fingerprint density at radius 1 is 1.24 bits per heavy atom. The van der Waals surface area contributed by atoms with Crippen LogP contribution in [-0.2, 0) is 9.59 Å². The number of amides is 2. The molecule has 2 aromatic carbocycles. The van der Waals surface area contributed by atoms with E-state index < -0.39 is 0 Å². The van der Waals surface area contributed by atoms with Crippen LogP contribution in [0.3, 0.4) is 0 Å². The SMILES string of the molecule is C/C(=N/NC(=O)CN1C(=O)COc2ccccc21)c1ccc(N)cc1. The van der Waals surface area contributed by atoms with Crippen molar-refractivity contribution >= 4 is 28.9 Å². The van der Waals surface area contributed by atoms with Gasteiger partial charge in [-0.2, -0.15) is 5.10 Å².